The lowest BCUT2D eigenvalue weighted by Crippen LogP contribution is -2.31. The second-order valence-corrected chi connectivity index (χ2v) is 8.71. The zero-order chi connectivity index (χ0) is 21.8. The van der Waals surface area contributed by atoms with Crippen LogP contribution in [0.4, 0.5) is 11.4 Å². The number of benzene rings is 2. The van der Waals surface area contributed by atoms with Crippen LogP contribution in [0.5, 0.6) is 5.75 Å². The third kappa shape index (κ3) is 5.23. The highest BCUT2D eigenvalue weighted by molar-refractivity contribution is 9.10. The number of thiocarbonyl (C=S) groups is 1. The number of thioether (sulfide) groups is 1. The van der Waals surface area contributed by atoms with Crippen molar-refractivity contribution in [2.75, 3.05) is 11.9 Å². The molecule has 30 heavy (non-hydrogen) atoms. The first-order valence-corrected chi connectivity index (χ1v) is 10.5. The number of carbonyl (C=O) groups is 2. The van der Waals surface area contributed by atoms with Crippen LogP contribution in [-0.4, -0.2) is 32.5 Å². The van der Waals surface area contributed by atoms with E-state index in [1.807, 2.05) is 24.3 Å². The first kappa shape index (κ1) is 21.9. The molecule has 0 aliphatic carbocycles. The van der Waals surface area contributed by atoms with Crippen LogP contribution in [0.25, 0.3) is 6.08 Å². The number of anilines is 1. The molecule has 0 spiro atoms. The van der Waals surface area contributed by atoms with Crippen LogP contribution in [0.2, 0.25) is 0 Å². The van der Waals surface area contributed by atoms with Crippen molar-refractivity contribution < 1.29 is 19.6 Å². The van der Waals surface area contributed by atoms with E-state index < -0.39 is 16.6 Å². The summed E-state index contributed by atoms with van der Waals surface area (Å²) < 4.78 is 1.25. The molecule has 2 amide bonds. The molecule has 1 fully saturated rings. The standard InChI is InChI=1S/C19H14BrN3O5S2/c20-12-3-1-11(2-4-12)9-16-18(26)22(19(29)30-16)8-7-17(25)21-14-10-13(23(27)28)5-6-15(14)24/h1-6,9-10,24H,7-8H2,(H,21,25)/p-1/b16-9-. The van der Waals surface area contributed by atoms with Gasteiger partial charge in [0.15, 0.2) is 0 Å². The number of carbonyl (C=O) groups excluding carboxylic acids is 2. The second kappa shape index (κ2) is 9.37. The van der Waals surface area contributed by atoms with Gasteiger partial charge in [0.05, 0.1) is 9.83 Å². The number of halogens is 1. The molecule has 0 atom stereocenters. The molecule has 0 bridgehead atoms. The Hall–Kier alpha value is -2.76. The van der Waals surface area contributed by atoms with Crippen molar-refractivity contribution in [3.05, 3.63) is 67.5 Å². The molecule has 3 rings (SSSR count). The molecule has 0 aromatic heterocycles. The van der Waals surface area contributed by atoms with Crippen molar-refractivity contribution in [2.24, 2.45) is 0 Å². The van der Waals surface area contributed by atoms with Gasteiger partial charge in [-0.3, -0.25) is 24.6 Å². The third-order valence-electron chi connectivity index (χ3n) is 4.05. The lowest BCUT2D eigenvalue weighted by Gasteiger charge is -2.16. The Morgan fingerprint density at radius 1 is 1.27 bits per heavy atom. The highest BCUT2D eigenvalue weighted by Crippen LogP contribution is 2.33. The Labute approximate surface area is 189 Å². The molecule has 1 N–H and O–H groups in total. The van der Waals surface area contributed by atoms with Crippen molar-refractivity contribution >= 4 is 73.5 Å². The molecule has 154 valence electrons. The lowest BCUT2D eigenvalue weighted by atomic mass is 10.2. The number of hydrogen-bond donors (Lipinski definition) is 1. The predicted octanol–water partition coefficient (Wildman–Crippen LogP) is 3.66. The zero-order valence-electron chi connectivity index (χ0n) is 15.2. The second-order valence-electron chi connectivity index (χ2n) is 6.12. The van der Waals surface area contributed by atoms with E-state index in [1.54, 1.807) is 6.08 Å². The number of non-ortho nitro benzene ring substituents is 1. The van der Waals surface area contributed by atoms with Gasteiger partial charge in [-0.15, -0.1) is 0 Å². The van der Waals surface area contributed by atoms with E-state index in [-0.39, 0.29) is 30.2 Å². The van der Waals surface area contributed by atoms with Crippen molar-refractivity contribution in [3.63, 3.8) is 0 Å². The number of nitrogens with one attached hydrogen (secondary N) is 1. The molecule has 1 aliphatic heterocycles. The number of amides is 2. The summed E-state index contributed by atoms with van der Waals surface area (Å²) in [5.41, 5.74) is 0.347. The van der Waals surface area contributed by atoms with Crippen LogP contribution >= 0.6 is 39.9 Å². The monoisotopic (exact) mass is 506 g/mol. The summed E-state index contributed by atoms with van der Waals surface area (Å²) in [7, 11) is 0. The Morgan fingerprint density at radius 3 is 2.63 bits per heavy atom. The first-order chi connectivity index (χ1) is 14.2. The number of nitro benzene ring substituents is 1. The quantitative estimate of drug-likeness (QED) is 0.275. The molecule has 1 saturated heterocycles. The molecule has 1 aliphatic rings. The summed E-state index contributed by atoms with van der Waals surface area (Å²) in [5, 5.41) is 25.0. The fourth-order valence-corrected chi connectivity index (χ4v) is 4.13. The highest BCUT2D eigenvalue weighted by Gasteiger charge is 2.32. The maximum atomic E-state index is 12.6. The Morgan fingerprint density at radius 2 is 1.97 bits per heavy atom. The van der Waals surface area contributed by atoms with Gasteiger partial charge in [-0.05, 0) is 23.8 Å². The van der Waals surface area contributed by atoms with Crippen molar-refractivity contribution in [2.45, 2.75) is 6.42 Å². The Bertz CT molecular complexity index is 1070. The van der Waals surface area contributed by atoms with Gasteiger partial charge in [0.2, 0.25) is 5.91 Å². The minimum absolute atomic E-state index is 0.0251. The number of hydrogen-bond acceptors (Lipinski definition) is 7. The summed E-state index contributed by atoms with van der Waals surface area (Å²) in [6.45, 7) is 0.0251. The highest BCUT2D eigenvalue weighted by atomic mass is 79.9. The summed E-state index contributed by atoms with van der Waals surface area (Å²) in [4.78, 5) is 36.7. The molecule has 2 aromatic carbocycles. The SMILES string of the molecule is O=C(CCN1C(=O)/C(=C/c2ccc(Br)cc2)SC1=S)Nc1cc([N+](=O)[O-])ccc1[O-]. The van der Waals surface area contributed by atoms with E-state index in [4.69, 9.17) is 12.2 Å². The van der Waals surface area contributed by atoms with E-state index in [0.717, 1.165) is 40.0 Å². The average Bonchev–Trinajstić information content (AvgIpc) is 2.96. The van der Waals surface area contributed by atoms with E-state index in [0.29, 0.717) is 9.23 Å². The van der Waals surface area contributed by atoms with Gasteiger partial charge in [0.25, 0.3) is 11.6 Å². The van der Waals surface area contributed by atoms with Gasteiger partial charge < -0.3 is 10.4 Å². The minimum atomic E-state index is -0.660. The number of nitro groups is 1. The summed E-state index contributed by atoms with van der Waals surface area (Å²) in [5.74, 6) is -1.41. The third-order valence-corrected chi connectivity index (χ3v) is 5.96. The van der Waals surface area contributed by atoms with Crippen LogP contribution in [0.3, 0.4) is 0 Å². The lowest BCUT2D eigenvalue weighted by molar-refractivity contribution is -0.385. The average molecular weight is 507 g/mol. The molecular weight excluding hydrogens is 494 g/mol. The van der Waals surface area contributed by atoms with E-state index in [1.165, 1.54) is 4.90 Å². The predicted molar refractivity (Wildman–Crippen MR) is 120 cm³/mol. The Balaban J connectivity index is 1.63. The fraction of sp³-hybridized carbons (Fsp3) is 0.105. The number of rotatable bonds is 6. The van der Waals surface area contributed by atoms with Gasteiger partial charge in [-0.2, -0.15) is 0 Å². The molecule has 0 saturated carbocycles. The molecule has 11 heteroatoms. The number of nitrogens with zero attached hydrogens (tertiary/aromatic N) is 2. The van der Waals surface area contributed by atoms with Gasteiger partial charge in [0, 0.05) is 35.3 Å². The molecule has 0 radical (unpaired) electrons. The van der Waals surface area contributed by atoms with Gasteiger partial charge in [0.1, 0.15) is 4.32 Å². The smallest absolute Gasteiger partial charge is 0.271 e. The van der Waals surface area contributed by atoms with E-state index >= 15 is 0 Å². The fourth-order valence-electron chi connectivity index (χ4n) is 2.56. The first-order valence-electron chi connectivity index (χ1n) is 8.51. The summed E-state index contributed by atoms with van der Waals surface area (Å²) >= 11 is 9.74. The molecule has 2 aromatic rings. The normalized spacial score (nSPS) is 15.0. The van der Waals surface area contributed by atoms with Crippen LogP contribution in [0, 0.1) is 10.1 Å². The maximum absolute atomic E-state index is 12.6. The summed E-state index contributed by atoms with van der Waals surface area (Å²) in [6, 6.07) is 10.5. The van der Waals surface area contributed by atoms with Crippen molar-refractivity contribution in [1.82, 2.24) is 4.90 Å². The largest absolute Gasteiger partial charge is 0.871 e. The van der Waals surface area contributed by atoms with Crippen LogP contribution in [0.15, 0.2) is 51.8 Å². The Kier molecular flexibility index (Phi) is 6.85. The van der Waals surface area contributed by atoms with Gasteiger partial charge in [-0.1, -0.05) is 63.9 Å². The summed E-state index contributed by atoms with van der Waals surface area (Å²) in [6.07, 6.45) is 1.60. The molecule has 1 heterocycles. The van der Waals surface area contributed by atoms with Crippen molar-refractivity contribution in [1.29, 1.82) is 0 Å². The molecule has 8 nitrogen and oxygen atoms in total. The van der Waals surface area contributed by atoms with Crippen LogP contribution in [-0.2, 0) is 9.59 Å². The topological polar surface area (TPSA) is 116 Å². The van der Waals surface area contributed by atoms with Crippen LogP contribution < -0.4 is 10.4 Å². The zero-order valence-corrected chi connectivity index (χ0v) is 18.4. The molecular formula is C19H13BrN3O5S2-. The minimum Gasteiger partial charge on any atom is -0.871 e. The van der Waals surface area contributed by atoms with Gasteiger partial charge >= 0.3 is 0 Å². The van der Waals surface area contributed by atoms with E-state index in [9.17, 15) is 24.8 Å². The van der Waals surface area contributed by atoms with Crippen molar-refractivity contribution in [3.8, 4) is 5.75 Å². The van der Waals surface area contributed by atoms with E-state index in [2.05, 4.69) is 21.2 Å². The van der Waals surface area contributed by atoms with Gasteiger partial charge in [-0.25, -0.2) is 0 Å². The molecule has 0 unspecified atom stereocenters. The van der Waals surface area contributed by atoms with Crippen LogP contribution in [0.1, 0.15) is 12.0 Å². The maximum Gasteiger partial charge on any atom is 0.271 e.